The highest BCUT2D eigenvalue weighted by molar-refractivity contribution is 5.80. The van der Waals surface area contributed by atoms with Crippen LogP contribution >= 0.6 is 0 Å². The number of aryl methyl sites for hydroxylation is 1. The summed E-state index contributed by atoms with van der Waals surface area (Å²) in [7, 11) is 0. The van der Waals surface area contributed by atoms with Crippen LogP contribution < -0.4 is 4.74 Å². The molecule has 8 heteroatoms. The molecule has 0 bridgehead atoms. The van der Waals surface area contributed by atoms with E-state index in [1.165, 1.54) is 0 Å². The lowest BCUT2D eigenvalue weighted by Gasteiger charge is -2.09. The minimum Gasteiger partial charge on any atom is -0.462 e. The van der Waals surface area contributed by atoms with Crippen LogP contribution in [0.25, 0.3) is 22.5 Å². The molecule has 8 nitrogen and oxygen atoms in total. The quantitative estimate of drug-likeness (QED) is 0.413. The summed E-state index contributed by atoms with van der Waals surface area (Å²) in [5, 5.41) is 18.9. The predicted molar refractivity (Wildman–Crippen MR) is 119 cm³/mol. The van der Waals surface area contributed by atoms with Crippen LogP contribution in [0.3, 0.4) is 0 Å². The van der Waals surface area contributed by atoms with Gasteiger partial charge in [0, 0.05) is 12.0 Å². The summed E-state index contributed by atoms with van der Waals surface area (Å²) in [6.07, 6.45) is 4.03. The summed E-state index contributed by atoms with van der Waals surface area (Å²) in [6.45, 7) is 5.55. The molecule has 4 rings (SSSR count). The van der Waals surface area contributed by atoms with Crippen molar-refractivity contribution < 1.29 is 4.74 Å². The zero-order chi connectivity index (χ0) is 21.5. The van der Waals surface area contributed by atoms with Crippen molar-refractivity contribution in [2.45, 2.75) is 46.1 Å². The van der Waals surface area contributed by atoms with Gasteiger partial charge in [0.1, 0.15) is 5.82 Å². The van der Waals surface area contributed by atoms with Crippen molar-refractivity contribution in [1.29, 1.82) is 0 Å². The van der Waals surface area contributed by atoms with Crippen LogP contribution in [-0.4, -0.2) is 42.0 Å². The lowest BCUT2D eigenvalue weighted by molar-refractivity contribution is 0.291. The number of hydrogen-bond acceptors (Lipinski definition) is 6. The first kappa shape index (κ1) is 20.7. The summed E-state index contributed by atoms with van der Waals surface area (Å²) in [5.41, 5.74) is 4.31. The number of ether oxygens (including phenoxy) is 1. The third-order valence-corrected chi connectivity index (χ3v) is 5.04. The number of aromatic nitrogens is 7. The van der Waals surface area contributed by atoms with E-state index >= 15 is 0 Å². The monoisotopic (exact) mass is 417 g/mol. The van der Waals surface area contributed by atoms with Crippen molar-refractivity contribution in [3.63, 3.8) is 0 Å². The van der Waals surface area contributed by atoms with E-state index in [4.69, 9.17) is 4.74 Å². The molecule has 0 aliphatic heterocycles. The molecule has 0 atom stereocenters. The third kappa shape index (κ3) is 4.96. The molecule has 0 radical (unpaired) electrons. The minimum absolute atomic E-state index is 0.471. The van der Waals surface area contributed by atoms with Gasteiger partial charge in [-0.1, -0.05) is 68.8 Å². The predicted octanol–water partition coefficient (Wildman–Crippen LogP) is 4.30. The first-order valence-electron chi connectivity index (χ1n) is 10.8. The van der Waals surface area contributed by atoms with Gasteiger partial charge in [0.15, 0.2) is 5.82 Å². The fourth-order valence-electron chi connectivity index (χ4n) is 3.43. The Hall–Kier alpha value is -3.55. The highest BCUT2D eigenvalue weighted by Crippen LogP contribution is 2.29. The normalized spacial score (nSPS) is 11.0. The number of nitrogens with one attached hydrogen (secondary N) is 1. The minimum atomic E-state index is 0.471. The molecule has 4 aromatic rings. The molecular formula is C23H27N7O. The van der Waals surface area contributed by atoms with Crippen molar-refractivity contribution in [2.75, 3.05) is 6.61 Å². The maximum absolute atomic E-state index is 5.66. The van der Waals surface area contributed by atoms with E-state index in [9.17, 15) is 0 Å². The first-order chi connectivity index (χ1) is 15.3. The van der Waals surface area contributed by atoms with E-state index in [1.807, 2.05) is 22.9 Å². The van der Waals surface area contributed by atoms with Gasteiger partial charge in [-0.05, 0) is 40.0 Å². The zero-order valence-corrected chi connectivity index (χ0v) is 18.0. The van der Waals surface area contributed by atoms with E-state index in [-0.39, 0.29) is 0 Å². The SMILES string of the molecule is CCCCc1nc(OCCC)nn1Cc1ccc(-c2ccccc2-c2nnn[nH]2)cc1. The van der Waals surface area contributed by atoms with Gasteiger partial charge in [0.2, 0.25) is 0 Å². The second-order valence-corrected chi connectivity index (χ2v) is 7.41. The third-order valence-electron chi connectivity index (χ3n) is 5.04. The van der Waals surface area contributed by atoms with Crippen molar-refractivity contribution >= 4 is 0 Å². The van der Waals surface area contributed by atoms with Crippen LogP contribution in [0, 0.1) is 0 Å². The summed E-state index contributed by atoms with van der Waals surface area (Å²) in [6, 6.07) is 17.1. The molecule has 31 heavy (non-hydrogen) atoms. The molecule has 2 aromatic heterocycles. The summed E-state index contributed by atoms with van der Waals surface area (Å²) < 4.78 is 7.62. The molecule has 0 amide bonds. The Morgan fingerprint density at radius 2 is 1.77 bits per heavy atom. The standard InChI is InChI=1S/C23H27N7O/c1-3-5-10-21-24-23(31-15-4-2)27-30(21)16-17-11-13-18(14-12-17)19-8-6-7-9-20(19)22-25-28-29-26-22/h6-9,11-14H,3-5,10,15-16H2,1-2H3,(H,25,26,28,29). The molecule has 0 saturated heterocycles. The summed E-state index contributed by atoms with van der Waals surface area (Å²) >= 11 is 0. The number of hydrogen-bond donors (Lipinski definition) is 1. The second-order valence-electron chi connectivity index (χ2n) is 7.41. The highest BCUT2D eigenvalue weighted by Gasteiger charge is 2.13. The molecule has 0 spiro atoms. The van der Waals surface area contributed by atoms with Crippen LogP contribution in [0.5, 0.6) is 6.01 Å². The fraction of sp³-hybridized carbons (Fsp3) is 0.348. The van der Waals surface area contributed by atoms with Crippen molar-refractivity contribution in [2.24, 2.45) is 0 Å². The Kier molecular flexibility index (Phi) is 6.66. The highest BCUT2D eigenvalue weighted by atomic mass is 16.5. The number of unbranched alkanes of at least 4 members (excludes halogenated alkanes) is 1. The summed E-state index contributed by atoms with van der Waals surface area (Å²) in [5.74, 6) is 1.63. The molecule has 0 unspecified atom stereocenters. The largest absolute Gasteiger partial charge is 0.462 e. The molecule has 2 heterocycles. The first-order valence-corrected chi connectivity index (χ1v) is 10.8. The Bertz CT molecular complexity index is 1090. The van der Waals surface area contributed by atoms with Crippen LogP contribution in [-0.2, 0) is 13.0 Å². The molecule has 160 valence electrons. The van der Waals surface area contributed by atoms with Gasteiger partial charge in [-0.3, -0.25) is 0 Å². The van der Waals surface area contributed by atoms with E-state index in [0.717, 1.165) is 53.8 Å². The number of benzene rings is 2. The molecular weight excluding hydrogens is 390 g/mol. The van der Waals surface area contributed by atoms with Crippen molar-refractivity contribution in [1.82, 2.24) is 35.4 Å². The number of tetrazole rings is 1. The maximum Gasteiger partial charge on any atom is 0.335 e. The average molecular weight is 418 g/mol. The maximum atomic E-state index is 5.66. The summed E-state index contributed by atoms with van der Waals surface area (Å²) in [4.78, 5) is 4.59. The fourth-order valence-corrected chi connectivity index (χ4v) is 3.43. The Labute approximate surface area is 181 Å². The van der Waals surface area contributed by atoms with Gasteiger partial charge in [0.25, 0.3) is 0 Å². The van der Waals surface area contributed by atoms with E-state index in [0.29, 0.717) is 25.0 Å². The van der Waals surface area contributed by atoms with Crippen LogP contribution in [0.15, 0.2) is 48.5 Å². The average Bonchev–Trinajstić information content (AvgIpc) is 3.47. The van der Waals surface area contributed by atoms with E-state index < -0.39 is 0 Å². The molecule has 1 N–H and O–H groups in total. The van der Waals surface area contributed by atoms with E-state index in [2.05, 4.69) is 74.9 Å². The van der Waals surface area contributed by atoms with E-state index in [1.54, 1.807) is 0 Å². The van der Waals surface area contributed by atoms with Crippen molar-refractivity contribution in [3.05, 3.63) is 59.9 Å². The number of nitrogens with zero attached hydrogens (tertiary/aromatic N) is 6. The zero-order valence-electron chi connectivity index (χ0n) is 18.0. The second kappa shape index (κ2) is 9.97. The van der Waals surface area contributed by atoms with Gasteiger partial charge < -0.3 is 4.74 Å². The molecule has 0 saturated carbocycles. The van der Waals surface area contributed by atoms with Gasteiger partial charge in [-0.15, -0.1) is 10.2 Å². The molecule has 0 aliphatic rings. The molecule has 0 aliphatic carbocycles. The Morgan fingerprint density at radius 3 is 2.48 bits per heavy atom. The van der Waals surface area contributed by atoms with Crippen LogP contribution in [0.1, 0.15) is 44.5 Å². The van der Waals surface area contributed by atoms with Gasteiger partial charge in [-0.2, -0.15) is 4.98 Å². The topological polar surface area (TPSA) is 94.4 Å². The Balaban J connectivity index is 1.55. The number of aromatic amines is 1. The van der Waals surface area contributed by atoms with Gasteiger partial charge >= 0.3 is 6.01 Å². The van der Waals surface area contributed by atoms with Crippen molar-refractivity contribution in [3.8, 4) is 28.5 Å². The molecule has 0 fully saturated rings. The lowest BCUT2D eigenvalue weighted by atomic mass is 9.98. The van der Waals surface area contributed by atoms with Gasteiger partial charge in [-0.25, -0.2) is 9.78 Å². The van der Waals surface area contributed by atoms with Gasteiger partial charge in [0.05, 0.1) is 13.2 Å². The Morgan fingerprint density at radius 1 is 0.968 bits per heavy atom. The van der Waals surface area contributed by atoms with Crippen LogP contribution in [0.4, 0.5) is 0 Å². The molecule has 2 aromatic carbocycles. The van der Waals surface area contributed by atoms with Crippen LogP contribution in [0.2, 0.25) is 0 Å². The number of H-pyrrole nitrogens is 1. The lowest BCUT2D eigenvalue weighted by Crippen LogP contribution is -2.07. The number of rotatable bonds is 10. The smallest absolute Gasteiger partial charge is 0.335 e.